The van der Waals surface area contributed by atoms with Crippen molar-refractivity contribution in [2.45, 2.75) is 304 Å². The summed E-state index contributed by atoms with van der Waals surface area (Å²) in [6, 6.07) is 17.8. The van der Waals surface area contributed by atoms with E-state index in [1.165, 1.54) is 248 Å². The summed E-state index contributed by atoms with van der Waals surface area (Å²) in [7, 11) is 0. The maximum atomic E-state index is 5.45. The van der Waals surface area contributed by atoms with Gasteiger partial charge in [-0.15, -0.1) is 0 Å². The van der Waals surface area contributed by atoms with Crippen LogP contribution in [-0.4, -0.2) is 11.4 Å². The van der Waals surface area contributed by atoms with Crippen LogP contribution in [0.4, 0.5) is 11.4 Å². The Kier molecular flexibility index (Phi) is 46.6. The van der Waals surface area contributed by atoms with Crippen molar-refractivity contribution < 1.29 is 16.5 Å². The number of allylic oxidation sites excluding steroid dienone is 4. The Hall–Kier alpha value is -2.25. The third-order valence-corrected chi connectivity index (χ3v) is 14.1. The fourth-order valence-electron chi connectivity index (χ4n) is 9.67. The first-order valence-corrected chi connectivity index (χ1v) is 29.8. The topological polar surface area (TPSA) is 24.7 Å². The summed E-state index contributed by atoms with van der Waals surface area (Å²) < 4.78 is 0. The Morgan fingerprint density at radius 3 is 0.941 bits per heavy atom. The second-order valence-electron chi connectivity index (χ2n) is 20.4. The molecule has 2 aromatic rings. The molecule has 0 atom stereocenters. The van der Waals surface area contributed by atoms with Gasteiger partial charge in [-0.3, -0.25) is 9.98 Å². The molecule has 0 fully saturated rings. The van der Waals surface area contributed by atoms with Gasteiger partial charge in [-0.1, -0.05) is 281 Å². The van der Waals surface area contributed by atoms with Gasteiger partial charge >= 0.3 is 0 Å². The Labute approximate surface area is 434 Å². The van der Waals surface area contributed by atoms with Crippen LogP contribution in [0.25, 0.3) is 0 Å². The molecule has 0 N–H and O–H groups in total. The van der Waals surface area contributed by atoms with Crippen LogP contribution in [-0.2, 0) is 29.3 Å². The van der Waals surface area contributed by atoms with E-state index in [9.17, 15) is 0 Å². The molecule has 390 valence electrons. The van der Waals surface area contributed by atoms with Crippen LogP contribution in [0.2, 0.25) is 0 Å². The first-order chi connectivity index (χ1) is 33.2. The van der Waals surface area contributed by atoms with E-state index >= 15 is 0 Å². The van der Waals surface area contributed by atoms with Gasteiger partial charge in [-0.05, 0) is 107 Å². The van der Waals surface area contributed by atoms with Crippen molar-refractivity contribution in [1.82, 2.24) is 0 Å². The van der Waals surface area contributed by atoms with Crippen molar-refractivity contribution in [2.24, 2.45) is 9.98 Å². The number of nitrogens with zero attached hydrogens (tertiary/aromatic N) is 2. The van der Waals surface area contributed by atoms with E-state index < -0.39 is 0 Å². The Morgan fingerprint density at radius 2 is 0.603 bits per heavy atom. The number of unbranched alkanes of at least 4 members (excludes halogenated alkanes) is 34. The summed E-state index contributed by atoms with van der Waals surface area (Å²) in [5.41, 5.74) is 7.35. The second-order valence-corrected chi connectivity index (χ2v) is 20.4. The standard InChI is InChI=1S/C65H110N2.Ni/c1-5-9-12-14-16-18-20-22-24-26-28-30-32-34-36-38-40-42-44-47-53-60-55-49-51-57-63(60)66-62(8-4)65(59-46-11-7-3)67-64-58-52-50-56-61(64)54-48-45-43-41-39-37-35-33-31-29-27-25-23-21-19-17-15-13-10-6-2;/h40-43,49-52,55-58H,5-39,44-48,53-54,59H2,1-4H3;. The maximum Gasteiger partial charge on any atom is 0.0665 e. The maximum absolute atomic E-state index is 5.45. The molecule has 0 amide bonds. The number of aliphatic imine (C=N–C) groups is 2. The zero-order valence-corrected chi connectivity index (χ0v) is 46.5. The summed E-state index contributed by atoms with van der Waals surface area (Å²) in [6.45, 7) is 9.17. The fraction of sp³-hybridized carbons (Fsp3) is 0.723. The number of aryl methyl sites for hydroxylation is 2. The van der Waals surface area contributed by atoms with Gasteiger partial charge in [-0.2, -0.15) is 0 Å². The van der Waals surface area contributed by atoms with Crippen LogP contribution < -0.4 is 0 Å². The van der Waals surface area contributed by atoms with Crippen LogP contribution in [0.15, 0.2) is 82.8 Å². The van der Waals surface area contributed by atoms with E-state index in [1.807, 2.05) is 0 Å². The average Bonchev–Trinajstić information content (AvgIpc) is 3.35. The molecule has 2 rings (SSSR count). The molecule has 0 heterocycles. The number of benzene rings is 2. The zero-order valence-electron chi connectivity index (χ0n) is 45.5. The molecule has 0 bridgehead atoms. The second kappa shape index (κ2) is 49.7. The minimum Gasteiger partial charge on any atom is -0.251 e. The van der Waals surface area contributed by atoms with E-state index in [-0.39, 0.29) is 16.5 Å². The third kappa shape index (κ3) is 36.7. The summed E-state index contributed by atoms with van der Waals surface area (Å²) in [6.07, 6.45) is 67.4. The first kappa shape index (κ1) is 63.8. The summed E-state index contributed by atoms with van der Waals surface area (Å²) in [4.78, 5) is 10.8. The number of hydrogen-bond donors (Lipinski definition) is 0. The molecular formula is C65H110N2Ni. The normalized spacial score (nSPS) is 12.2. The molecule has 0 unspecified atom stereocenters. The molecule has 0 spiro atoms. The van der Waals surface area contributed by atoms with Gasteiger partial charge in [0.25, 0.3) is 0 Å². The quantitative estimate of drug-likeness (QED) is 0.0273. The van der Waals surface area contributed by atoms with Crippen LogP contribution in [0.1, 0.15) is 302 Å². The van der Waals surface area contributed by atoms with E-state index in [2.05, 4.69) is 101 Å². The third-order valence-electron chi connectivity index (χ3n) is 14.1. The van der Waals surface area contributed by atoms with Crippen LogP contribution in [0.5, 0.6) is 0 Å². The van der Waals surface area contributed by atoms with E-state index in [0.29, 0.717) is 0 Å². The molecule has 0 aliphatic rings. The van der Waals surface area contributed by atoms with E-state index in [0.717, 1.165) is 62.0 Å². The summed E-state index contributed by atoms with van der Waals surface area (Å²) >= 11 is 0. The van der Waals surface area contributed by atoms with Gasteiger partial charge in [0.15, 0.2) is 0 Å². The van der Waals surface area contributed by atoms with Crippen LogP contribution in [0, 0.1) is 0 Å². The molecule has 0 aliphatic heterocycles. The minimum atomic E-state index is 0. The van der Waals surface area contributed by atoms with Gasteiger partial charge in [0.05, 0.1) is 22.8 Å². The number of para-hydroxylation sites is 2. The molecule has 0 radical (unpaired) electrons. The van der Waals surface area contributed by atoms with Gasteiger partial charge in [0.1, 0.15) is 0 Å². The van der Waals surface area contributed by atoms with Crippen molar-refractivity contribution in [3.05, 3.63) is 84.0 Å². The predicted molar refractivity (Wildman–Crippen MR) is 305 cm³/mol. The van der Waals surface area contributed by atoms with E-state index in [4.69, 9.17) is 9.98 Å². The van der Waals surface area contributed by atoms with Crippen molar-refractivity contribution in [2.75, 3.05) is 0 Å². The van der Waals surface area contributed by atoms with E-state index in [1.54, 1.807) is 0 Å². The monoisotopic (exact) mass is 977 g/mol. The molecule has 3 heteroatoms. The predicted octanol–water partition coefficient (Wildman–Crippen LogP) is 22.8. The summed E-state index contributed by atoms with van der Waals surface area (Å²) in [5, 5.41) is 0. The molecule has 2 aromatic carbocycles. The smallest absolute Gasteiger partial charge is 0.0665 e. The molecule has 68 heavy (non-hydrogen) atoms. The minimum absolute atomic E-state index is 0. The Morgan fingerprint density at radius 1 is 0.324 bits per heavy atom. The fourth-order valence-corrected chi connectivity index (χ4v) is 9.67. The molecule has 0 aromatic heterocycles. The van der Waals surface area contributed by atoms with Gasteiger partial charge in [0.2, 0.25) is 0 Å². The molecular weight excluding hydrogens is 867 g/mol. The van der Waals surface area contributed by atoms with Crippen LogP contribution in [0.3, 0.4) is 0 Å². The molecule has 0 aliphatic carbocycles. The van der Waals surface area contributed by atoms with Crippen molar-refractivity contribution in [1.29, 1.82) is 0 Å². The van der Waals surface area contributed by atoms with Gasteiger partial charge in [-0.25, -0.2) is 0 Å². The SMILES string of the molecule is CCCCCCCCCCCCCCCCCC=CCCCc1ccccc1N=C(CC)C(CCCCC)=Nc1ccccc1CCCC=CCCCCCCCCCCCCCCCCC.[Ni]. The molecule has 0 saturated heterocycles. The zero-order chi connectivity index (χ0) is 47.8. The van der Waals surface area contributed by atoms with Gasteiger partial charge in [0, 0.05) is 16.5 Å². The van der Waals surface area contributed by atoms with Crippen LogP contribution >= 0.6 is 0 Å². The number of rotatable bonds is 48. The van der Waals surface area contributed by atoms with Crippen molar-refractivity contribution in [3.8, 4) is 0 Å². The Bertz CT molecular complexity index is 1500. The average molecular weight is 978 g/mol. The molecule has 2 nitrogen and oxygen atoms in total. The van der Waals surface area contributed by atoms with Crippen molar-refractivity contribution >= 4 is 22.8 Å². The Balaban J connectivity index is 0.0000231. The largest absolute Gasteiger partial charge is 0.251 e. The molecule has 0 saturated carbocycles. The van der Waals surface area contributed by atoms with Gasteiger partial charge < -0.3 is 0 Å². The number of hydrogen-bond acceptors (Lipinski definition) is 2. The summed E-state index contributed by atoms with van der Waals surface area (Å²) in [5.74, 6) is 0. The first-order valence-electron chi connectivity index (χ1n) is 29.8. The van der Waals surface area contributed by atoms with Crippen molar-refractivity contribution in [3.63, 3.8) is 0 Å².